The predicted molar refractivity (Wildman–Crippen MR) is 68.2 cm³/mol. The maximum atomic E-state index is 13.0. The summed E-state index contributed by atoms with van der Waals surface area (Å²) >= 11 is 0. The summed E-state index contributed by atoms with van der Waals surface area (Å²) in [5.41, 5.74) is 7.37. The summed E-state index contributed by atoms with van der Waals surface area (Å²) in [4.78, 5) is 2.43. The molecule has 2 N–H and O–H groups in total. The normalized spacial score (nSPS) is 20.4. The number of likely N-dealkylation sites (tertiary alicyclic amines) is 1. The Morgan fingerprint density at radius 1 is 1.24 bits per heavy atom. The zero-order valence-corrected chi connectivity index (χ0v) is 10.4. The maximum Gasteiger partial charge on any atom is 0.123 e. The van der Waals surface area contributed by atoms with Gasteiger partial charge in [-0.25, -0.2) is 4.39 Å². The number of benzene rings is 1. The van der Waals surface area contributed by atoms with Gasteiger partial charge in [0.2, 0.25) is 0 Å². The van der Waals surface area contributed by atoms with Crippen molar-refractivity contribution < 1.29 is 4.39 Å². The predicted octanol–water partition coefficient (Wildman–Crippen LogP) is 2.70. The van der Waals surface area contributed by atoms with Gasteiger partial charge < -0.3 is 5.73 Å². The highest BCUT2D eigenvalue weighted by Gasteiger charge is 2.27. The Bertz CT molecular complexity index is 344. The van der Waals surface area contributed by atoms with Gasteiger partial charge >= 0.3 is 0 Å². The fourth-order valence-corrected chi connectivity index (χ4v) is 2.63. The molecule has 2 rings (SSSR count). The van der Waals surface area contributed by atoms with E-state index < -0.39 is 0 Å². The van der Waals surface area contributed by atoms with Crippen LogP contribution < -0.4 is 5.73 Å². The molecule has 3 heteroatoms. The third-order valence-electron chi connectivity index (χ3n) is 3.62. The zero-order valence-electron chi connectivity index (χ0n) is 10.4. The first-order valence-corrected chi connectivity index (χ1v) is 6.47. The molecule has 1 aliphatic rings. The van der Waals surface area contributed by atoms with Crippen LogP contribution in [0.1, 0.15) is 37.8 Å². The number of hydrogen-bond acceptors (Lipinski definition) is 2. The Balaban J connectivity index is 2.22. The van der Waals surface area contributed by atoms with Gasteiger partial charge in [0, 0.05) is 12.1 Å². The molecule has 0 bridgehead atoms. The monoisotopic (exact) mass is 236 g/mol. The van der Waals surface area contributed by atoms with E-state index in [1.807, 2.05) is 12.1 Å². The molecule has 2 unspecified atom stereocenters. The van der Waals surface area contributed by atoms with E-state index in [1.54, 1.807) is 0 Å². The molecule has 0 radical (unpaired) electrons. The Labute approximate surface area is 103 Å². The lowest BCUT2D eigenvalue weighted by molar-refractivity contribution is 0.209. The van der Waals surface area contributed by atoms with Crippen LogP contribution in [0, 0.1) is 5.82 Å². The average Bonchev–Trinajstić information content (AvgIpc) is 2.85. The molecule has 1 aromatic carbocycles. The quantitative estimate of drug-likeness (QED) is 0.871. The Kier molecular flexibility index (Phi) is 4.13. The molecule has 0 aromatic heterocycles. The number of nitrogens with two attached hydrogens (primary N) is 1. The van der Waals surface area contributed by atoms with Crippen molar-refractivity contribution in [1.29, 1.82) is 0 Å². The van der Waals surface area contributed by atoms with Crippen LogP contribution in [0.4, 0.5) is 4.39 Å². The average molecular weight is 236 g/mol. The molecule has 1 saturated heterocycles. The van der Waals surface area contributed by atoms with Gasteiger partial charge in [0.1, 0.15) is 5.82 Å². The fraction of sp³-hybridized carbons (Fsp3) is 0.571. The van der Waals surface area contributed by atoms with E-state index in [-0.39, 0.29) is 17.9 Å². The first-order valence-electron chi connectivity index (χ1n) is 6.47. The minimum Gasteiger partial charge on any atom is -0.326 e. The third kappa shape index (κ3) is 2.85. The van der Waals surface area contributed by atoms with Crippen LogP contribution in [0.2, 0.25) is 0 Å². The smallest absolute Gasteiger partial charge is 0.123 e. The third-order valence-corrected chi connectivity index (χ3v) is 3.62. The molecule has 2 nitrogen and oxygen atoms in total. The largest absolute Gasteiger partial charge is 0.326 e. The SMILES string of the molecule is CCC(N)C(c1ccc(F)cc1)N1CCCC1. The summed E-state index contributed by atoms with van der Waals surface area (Å²) in [6.45, 7) is 4.32. The summed E-state index contributed by atoms with van der Waals surface area (Å²) < 4.78 is 13.0. The molecule has 1 aromatic rings. The zero-order chi connectivity index (χ0) is 12.3. The van der Waals surface area contributed by atoms with E-state index in [0.717, 1.165) is 25.1 Å². The first kappa shape index (κ1) is 12.5. The number of nitrogens with zero attached hydrogens (tertiary/aromatic N) is 1. The Morgan fingerprint density at radius 2 is 1.82 bits per heavy atom. The van der Waals surface area contributed by atoms with E-state index in [4.69, 9.17) is 5.73 Å². The van der Waals surface area contributed by atoms with Crippen LogP contribution in [-0.4, -0.2) is 24.0 Å². The lowest BCUT2D eigenvalue weighted by atomic mass is 9.96. The molecular weight excluding hydrogens is 215 g/mol. The molecule has 0 aliphatic carbocycles. The van der Waals surface area contributed by atoms with Crippen molar-refractivity contribution in [2.24, 2.45) is 5.73 Å². The van der Waals surface area contributed by atoms with Crippen molar-refractivity contribution in [1.82, 2.24) is 4.90 Å². The molecular formula is C14H21FN2. The van der Waals surface area contributed by atoms with Crippen LogP contribution in [0.3, 0.4) is 0 Å². The van der Waals surface area contributed by atoms with Gasteiger partial charge in [0.05, 0.1) is 0 Å². The van der Waals surface area contributed by atoms with Crippen LogP contribution in [-0.2, 0) is 0 Å². The molecule has 2 atom stereocenters. The van der Waals surface area contributed by atoms with Crippen LogP contribution in [0.5, 0.6) is 0 Å². The van der Waals surface area contributed by atoms with Crippen LogP contribution >= 0.6 is 0 Å². The lowest BCUT2D eigenvalue weighted by Gasteiger charge is -2.32. The lowest BCUT2D eigenvalue weighted by Crippen LogP contribution is -2.39. The van der Waals surface area contributed by atoms with E-state index in [1.165, 1.54) is 25.0 Å². The highest BCUT2D eigenvalue weighted by atomic mass is 19.1. The van der Waals surface area contributed by atoms with Crippen molar-refractivity contribution in [2.45, 2.75) is 38.3 Å². The molecule has 0 saturated carbocycles. The first-order chi connectivity index (χ1) is 8.22. The molecule has 94 valence electrons. The Morgan fingerprint density at radius 3 is 2.35 bits per heavy atom. The van der Waals surface area contributed by atoms with Crippen molar-refractivity contribution >= 4 is 0 Å². The van der Waals surface area contributed by atoms with Crippen molar-refractivity contribution in [3.05, 3.63) is 35.6 Å². The summed E-state index contributed by atoms with van der Waals surface area (Å²) in [6, 6.07) is 7.16. The fourth-order valence-electron chi connectivity index (χ4n) is 2.63. The molecule has 17 heavy (non-hydrogen) atoms. The van der Waals surface area contributed by atoms with Gasteiger partial charge in [-0.05, 0) is 50.0 Å². The number of halogens is 1. The van der Waals surface area contributed by atoms with Crippen molar-refractivity contribution in [3.8, 4) is 0 Å². The van der Waals surface area contributed by atoms with Gasteiger partial charge in [0.25, 0.3) is 0 Å². The molecule has 1 fully saturated rings. The van der Waals surface area contributed by atoms with Gasteiger partial charge in [-0.2, -0.15) is 0 Å². The van der Waals surface area contributed by atoms with E-state index in [2.05, 4.69) is 11.8 Å². The summed E-state index contributed by atoms with van der Waals surface area (Å²) in [5.74, 6) is -0.181. The van der Waals surface area contributed by atoms with Crippen molar-refractivity contribution in [3.63, 3.8) is 0 Å². The summed E-state index contributed by atoms with van der Waals surface area (Å²) in [5, 5.41) is 0. The number of hydrogen-bond donors (Lipinski definition) is 1. The van der Waals surface area contributed by atoms with Crippen LogP contribution in [0.25, 0.3) is 0 Å². The number of rotatable bonds is 4. The van der Waals surface area contributed by atoms with Crippen molar-refractivity contribution in [2.75, 3.05) is 13.1 Å². The topological polar surface area (TPSA) is 29.3 Å². The minimum atomic E-state index is -0.181. The highest BCUT2D eigenvalue weighted by Crippen LogP contribution is 2.28. The highest BCUT2D eigenvalue weighted by molar-refractivity contribution is 5.22. The molecule has 0 spiro atoms. The van der Waals surface area contributed by atoms with Gasteiger partial charge in [-0.3, -0.25) is 4.90 Å². The second-order valence-electron chi connectivity index (χ2n) is 4.81. The minimum absolute atomic E-state index is 0.124. The molecule has 1 aliphatic heterocycles. The Hall–Kier alpha value is -0.930. The summed E-state index contributed by atoms with van der Waals surface area (Å²) in [6.07, 6.45) is 3.43. The van der Waals surface area contributed by atoms with Crippen LogP contribution in [0.15, 0.2) is 24.3 Å². The van der Waals surface area contributed by atoms with E-state index in [0.29, 0.717) is 0 Å². The summed E-state index contributed by atoms with van der Waals surface area (Å²) in [7, 11) is 0. The second kappa shape index (κ2) is 5.61. The van der Waals surface area contributed by atoms with E-state index in [9.17, 15) is 4.39 Å². The van der Waals surface area contributed by atoms with Gasteiger partial charge in [-0.1, -0.05) is 19.1 Å². The standard InChI is InChI=1S/C14H21FN2/c1-2-13(16)14(17-9-3-4-10-17)11-5-7-12(15)8-6-11/h5-8,13-14H,2-4,9-10,16H2,1H3. The second-order valence-corrected chi connectivity index (χ2v) is 4.81. The van der Waals surface area contributed by atoms with Gasteiger partial charge in [0.15, 0.2) is 0 Å². The van der Waals surface area contributed by atoms with E-state index >= 15 is 0 Å². The molecule has 0 amide bonds. The maximum absolute atomic E-state index is 13.0. The van der Waals surface area contributed by atoms with Gasteiger partial charge in [-0.15, -0.1) is 0 Å². The molecule has 1 heterocycles.